The molecule has 0 saturated carbocycles. The molecule has 0 N–H and O–H groups in total. The number of rotatable bonds is 3. The molecule has 4 nitrogen and oxygen atoms in total. The van der Waals surface area contributed by atoms with Gasteiger partial charge in [-0.1, -0.05) is 5.16 Å². The SMILES string of the molecule is COCc1cc(/C=C2/CN3CCC2CC3)on1. The van der Waals surface area contributed by atoms with Crippen LogP contribution >= 0.6 is 0 Å². The molecule has 3 aliphatic heterocycles. The third-order valence-electron chi connectivity index (χ3n) is 3.72. The third-order valence-corrected chi connectivity index (χ3v) is 3.72. The molecule has 3 fully saturated rings. The number of fused-ring (bicyclic) bond motifs is 3. The average Bonchev–Trinajstić information content (AvgIpc) is 2.79. The van der Waals surface area contributed by atoms with Gasteiger partial charge in [0.15, 0.2) is 5.76 Å². The van der Waals surface area contributed by atoms with E-state index in [1.807, 2.05) is 6.07 Å². The van der Waals surface area contributed by atoms with Crippen molar-refractivity contribution in [3.05, 3.63) is 23.1 Å². The largest absolute Gasteiger partial charge is 0.378 e. The van der Waals surface area contributed by atoms with Crippen molar-refractivity contribution in [2.75, 3.05) is 26.7 Å². The zero-order chi connectivity index (χ0) is 11.7. The summed E-state index contributed by atoms with van der Waals surface area (Å²) in [6.07, 6.45) is 4.76. The van der Waals surface area contributed by atoms with E-state index in [2.05, 4.69) is 16.1 Å². The lowest BCUT2D eigenvalue weighted by molar-refractivity contribution is 0.163. The van der Waals surface area contributed by atoms with E-state index in [-0.39, 0.29) is 0 Å². The number of ether oxygens (including phenoxy) is 1. The zero-order valence-electron chi connectivity index (χ0n) is 10.2. The maximum absolute atomic E-state index is 5.30. The highest BCUT2D eigenvalue weighted by Gasteiger charge is 2.29. The summed E-state index contributed by atoms with van der Waals surface area (Å²) in [6, 6.07) is 1.97. The van der Waals surface area contributed by atoms with Crippen molar-refractivity contribution in [2.24, 2.45) is 5.92 Å². The van der Waals surface area contributed by atoms with E-state index in [9.17, 15) is 0 Å². The van der Waals surface area contributed by atoms with Crippen LogP contribution in [0.4, 0.5) is 0 Å². The van der Waals surface area contributed by atoms with Crippen LogP contribution < -0.4 is 0 Å². The topological polar surface area (TPSA) is 38.5 Å². The van der Waals surface area contributed by atoms with E-state index in [1.165, 1.54) is 31.5 Å². The Morgan fingerprint density at radius 1 is 1.53 bits per heavy atom. The van der Waals surface area contributed by atoms with Crippen molar-refractivity contribution in [2.45, 2.75) is 19.4 Å². The smallest absolute Gasteiger partial charge is 0.160 e. The summed E-state index contributed by atoms with van der Waals surface area (Å²) < 4.78 is 10.3. The number of nitrogens with zero attached hydrogens (tertiary/aromatic N) is 2. The molecule has 3 aliphatic rings. The molecule has 4 heterocycles. The number of hydrogen-bond acceptors (Lipinski definition) is 4. The fraction of sp³-hybridized carbons (Fsp3) is 0.615. The van der Waals surface area contributed by atoms with Crippen molar-refractivity contribution in [1.82, 2.24) is 10.1 Å². The molecule has 4 rings (SSSR count). The van der Waals surface area contributed by atoms with Gasteiger partial charge in [-0.25, -0.2) is 0 Å². The second kappa shape index (κ2) is 4.63. The molecule has 0 unspecified atom stereocenters. The lowest BCUT2D eigenvalue weighted by Crippen LogP contribution is -2.42. The van der Waals surface area contributed by atoms with Crippen LogP contribution in [0.5, 0.6) is 0 Å². The van der Waals surface area contributed by atoms with Crippen molar-refractivity contribution in [1.29, 1.82) is 0 Å². The maximum Gasteiger partial charge on any atom is 0.160 e. The van der Waals surface area contributed by atoms with Crippen LogP contribution in [-0.4, -0.2) is 36.8 Å². The molecular weight excluding hydrogens is 216 g/mol. The van der Waals surface area contributed by atoms with Crippen molar-refractivity contribution in [3.63, 3.8) is 0 Å². The van der Waals surface area contributed by atoms with E-state index >= 15 is 0 Å². The zero-order valence-corrected chi connectivity index (χ0v) is 10.2. The van der Waals surface area contributed by atoms with Crippen LogP contribution in [-0.2, 0) is 11.3 Å². The minimum absolute atomic E-state index is 0.516. The van der Waals surface area contributed by atoms with Crippen LogP contribution in [0.3, 0.4) is 0 Å². The number of methoxy groups -OCH3 is 1. The Labute approximate surface area is 101 Å². The summed E-state index contributed by atoms with van der Waals surface area (Å²) >= 11 is 0. The molecule has 0 aromatic carbocycles. The van der Waals surface area contributed by atoms with Crippen LogP contribution in [0.2, 0.25) is 0 Å². The Morgan fingerprint density at radius 2 is 2.35 bits per heavy atom. The van der Waals surface area contributed by atoms with Crippen LogP contribution in [0, 0.1) is 5.92 Å². The second-order valence-corrected chi connectivity index (χ2v) is 4.92. The van der Waals surface area contributed by atoms with Gasteiger partial charge in [0.25, 0.3) is 0 Å². The molecular formula is C13H18N2O2. The lowest BCUT2D eigenvalue weighted by Gasteiger charge is -2.40. The van der Waals surface area contributed by atoms with Gasteiger partial charge in [-0.3, -0.25) is 4.90 Å². The highest BCUT2D eigenvalue weighted by Crippen LogP contribution is 2.32. The Hall–Kier alpha value is -1.13. The normalized spacial score (nSPS) is 30.1. The summed E-state index contributed by atoms with van der Waals surface area (Å²) in [4.78, 5) is 2.51. The fourth-order valence-corrected chi connectivity index (χ4v) is 2.81. The van der Waals surface area contributed by atoms with Gasteiger partial charge in [0.2, 0.25) is 0 Å². The van der Waals surface area contributed by atoms with Gasteiger partial charge < -0.3 is 9.26 Å². The molecule has 0 radical (unpaired) electrons. The molecule has 0 atom stereocenters. The van der Waals surface area contributed by atoms with Gasteiger partial charge in [0.05, 0.1) is 6.61 Å². The molecule has 92 valence electrons. The molecule has 3 saturated heterocycles. The molecule has 1 aromatic heterocycles. The van der Waals surface area contributed by atoms with Crippen molar-refractivity contribution >= 4 is 6.08 Å². The van der Waals surface area contributed by atoms with Crippen LogP contribution in [0.1, 0.15) is 24.3 Å². The Morgan fingerprint density at radius 3 is 3.00 bits per heavy atom. The standard InChI is InChI=1S/C13H18N2O2/c1-16-9-12-7-13(17-14-12)6-11-8-15-4-2-10(11)3-5-15/h6-7,10H,2-5,8-9H2,1H3/b11-6-. The molecule has 0 amide bonds. The van der Waals surface area contributed by atoms with Gasteiger partial charge in [-0.2, -0.15) is 0 Å². The highest BCUT2D eigenvalue weighted by atomic mass is 16.5. The van der Waals surface area contributed by atoms with Gasteiger partial charge in [-0.15, -0.1) is 0 Å². The summed E-state index contributed by atoms with van der Waals surface area (Å²) in [5.74, 6) is 1.62. The molecule has 2 bridgehead atoms. The van der Waals surface area contributed by atoms with Crippen LogP contribution in [0.15, 0.2) is 16.2 Å². The number of hydrogen-bond donors (Lipinski definition) is 0. The van der Waals surface area contributed by atoms with E-state index in [1.54, 1.807) is 7.11 Å². The fourth-order valence-electron chi connectivity index (χ4n) is 2.81. The molecule has 1 aromatic rings. The average molecular weight is 234 g/mol. The predicted octanol–water partition coefficient (Wildman–Crippen LogP) is 1.93. The van der Waals surface area contributed by atoms with Gasteiger partial charge >= 0.3 is 0 Å². The molecule has 0 spiro atoms. The Bertz CT molecular complexity index is 417. The van der Waals surface area contributed by atoms with Gasteiger partial charge in [-0.05, 0) is 43.5 Å². The van der Waals surface area contributed by atoms with E-state index < -0.39 is 0 Å². The Kier molecular flexibility index (Phi) is 2.99. The number of piperidine rings is 3. The lowest BCUT2D eigenvalue weighted by atomic mass is 9.83. The van der Waals surface area contributed by atoms with Gasteiger partial charge in [0, 0.05) is 19.7 Å². The van der Waals surface area contributed by atoms with Crippen molar-refractivity contribution < 1.29 is 9.26 Å². The summed E-state index contributed by atoms with van der Waals surface area (Å²) in [6.45, 7) is 4.13. The first-order valence-corrected chi connectivity index (χ1v) is 6.22. The third kappa shape index (κ3) is 2.28. The van der Waals surface area contributed by atoms with E-state index in [0.717, 1.165) is 23.9 Å². The van der Waals surface area contributed by atoms with E-state index in [4.69, 9.17) is 9.26 Å². The summed E-state index contributed by atoms with van der Waals surface area (Å²) in [5, 5.41) is 3.98. The number of aromatic nitrogens is 1. The second-order valence-electron chi connectivity index (χ2n) is 4.92. The molecule has 0 aliphatic carbocycles. The molecule has 17 heavy (non-hydrogen) atoms. The minimum Gasteiger partial charge on any atom is -0.378 e. The first-order chi connectivity index (χ1) is 8.35. The highest BCUT2D eigenvalue weighted by molar-refractivity contribution is 5.49. The van der Waals surface area contributed by atoms with Crippen LogP contribution in [0.25, 0.3) is 6.08 Å². The van der Waals surface area contributed by atoms with E-state index in [0.29, 0.717) is 6.61 Å². The first kappa shape index (κ1) is 11.0. The Balaban J connectivity index is 1.76. The monoisotopic (exact) mass is 234 g/mol. The first-order valence-electron chi connectivity index (χ1n) is 6.22. The summed E-state index contributed by atoms with van der Waals surface area (Å²) in [7, 11) is 1.67. The van der Waals surface area contributed by atoms with Crippen molar-refractivity contribution in [3.8, 4) is 0 Å². The minimum atomic E-state index is 0.516. The quantitative estimate of drug-likeness (QED) is 0.801. The maximum atomic E-state index is 5.30. The van der Waals surface area contributed by atoms with Gasteiger partial charge in [0.1, 0.15) is 5.69 Å². The molecule has 4 heteroatoms. The predicted molar refractivity (Wildman–Crippen MR) is 64.4 cm³/mol. The summed E-state index contributed by atoms with van der Waals surface area (Å²) in [5.41, 5.74) is 2.36.